The molecule has 21 heavy (non-hydrogen) atoms. The van der Waals surface area contributed by atoms with Crippen LogP contribution in [0.3, 0.4) is 0 Å². The van der Waals surface area contributed by atoms with Crippen LogP contribution in [0.15, 0.2) is 54.6 Å². The zero-order valence-electron chi connectivity index (χ0n) is 11.8. The van der Waals surface area contributed by atoms with Crippen LogP contribution in [0, 0.1) is 6.92 Å². The molecule has 1 aromatic heterocycles. The third-order valence-corrected chi connectivity index (χ3v) is 2.83. The van der Waals surface area contributed by atoms with E-state index >= 15 is 0 Å². The standard InChI is InChI=1S/C7H7O.C5H5.C3H5N3S.Fe/c1-6(8)7-4-2-3-5-7;1-2-4-5-3-1;1-2-5-6-3(4)7-2;/h2-5H,1H3;1-5H;1H3,(H2,4,6);/q-1;-5;;. The molecule has 0 aliphatic heterocycles. The summed E-state index contributed by atoms with van der Waals surface area (Å²) in [5.74, 6) is 0.134. The maximum absolute atomic E-state index is 10.5. The molecular formula is C15H17FeN3OS-6. The first kappa shape index (κ1) is 19.2. The summed E-state index contributed by atoms with van der Waals surface area (Å²) < 4.78 is 0. The predicted molar refractivity (Wildman–Crippen MR) is 83.1 cm³/mol. The number of Topliss-reactive ketones (excluding diaryl/α,β-unsaturated/α-hetero) is 1. The molecule has 0 unspecified atom stereocenters. The average molecular weight is 343 g/mol. The van der Waals surface area contributed by atoms with Crippen molar-refractivity contribution in [3.05, 3.63) is 65.2 Å². The van der Waals surface area contributed by atoms with Crippen molar-refractivity contribution in [2.24, 2.45) is 0 Å². The van der Waals surface area contributed by atoms with E-state index in [0.717, 1.165) is 10.6 Å². The first-order valence-corrected chi connectivity index (χ1v) is 6.86. The number of hydrogen-bond acceptors (Lipinski definition) is 5. The number of nitrogen functional groups attached to an aromatic ring is 1. The second kappa shape index (κ2) is 11.0. The molecule has 2 aromatic carbocycles. The Morgan fingerprint density at radius 2 is 1.62 bits per heavy atom. The third kappa shape index (κ3) is 8.91. The Bertz CT molecular complexity index is 555. The van der Waals surface area contributed by atoms with Gasteiger partial charge in [0.05, 0.1) is 0 Å². The van der Waals surface area contributed by atoms with E-state index in [0.29, 0.717) is 5.13 Å². The van der Waals surface area contributed by atoms with Crippen LogP contribution in [0.25, 0.3) is 0 Å². The molecule has 118 valence electrons. The van der Waals surface area contributed by atoms with Crippen LogP contribution in [0.5, 0.6) is 0 Å². The van der Waals surface area contributed by atoms with Crippen molar-refractivity contribution in [2.45, 2.75) is 13.8 Å². The van der Waals surface area contributed by atoms with Crippen molar-refractivity contribution in [1.82, 2.24) is 10.2 Å². The molecule has 4 nitrogen and oxygen atoms in total. The van der Waals surface area contributed by atoms with E-state index in [1.807, 2.05) is 61.5 Å². The number of aromatic nitrogens is 2. The van der Waals surface area contributed by atoms with Gasteiger partial charge in [0.25, 0.3) is 0 Å². The van der Waals surface area contributed by atoms with E-state index in [-0.39, 0.29) is 22.9 Å². The SMILES string of the molecule is CC(=O)[c-]1cccc1.Cc1nnc(N)s1.[Fe].[cH-]1[cH-][cH-][cH-][cH-]1. The molecule has 2 N–H and O–H groups in total. The van der Waals surface area contributed by atoms with E-state index in [1.165, 1.54) is 11.3 Å². The van der Waals surface area contributed by atoms with E-state index in [1.54, 1.807) is 6.92 Å². The van der Waals surface area contributed by atoms with Crippen LogP contribution in [0.4, 0.5) is 5.13 Å². The molecule has 0 spiro atoms. The van der Waals surface area contributed by atoms with Crippen LogP contribution in [0.2, 0.25) is 0 Å². The van der Waals surface area contributed by atoms with Crippen molar-refractivity contribution in [3.63, 3.8) is 0 Å². The minimum Gasteiger partial charge on any atom is -0.748 e. The van der Waals surface area contributed by atoms with Crippen LogP contribution in [-0.2, 0) is 17.1 Å². The Morgan fingerprint density at radius 1 is 1.14 bits per heavy atom. The first-order valence-electron chi connectivity index (χ1n) is 6.04. The van der Waals surface area contributed by atoms with Gasteiger partial charge in [0.1, 0.15) is 10.8 Å². The van der Waals surface area contributed by atoms with E-state index in [2.05, 4.69) is 10.2 Å². The summed E-state index contributed by atoms with van der Waals surface area (Å²) in [7, 11) is 0. The number of aryl methyl sites for hydroxylation is 1. The summed E-state index contributed by atoms with van der Waals surface area (Å²) >= 11 is 1.40. The topological polar surface area (TPSA) is 68.9 Å². The van der Waals surface area contributed by atoms with Crippen LogP contribution in [-0.4, -0.2) is 16.0 Å². The number of carbonyl (C=O) groups excluding carboxylic acids is 1. The molecule has 3 rings (SSSR count). The summed E-state index contributed by atoms with van der Waals surface area (Å²) in [4.78, 5) is 10.5. The summed E-state index contributed by atoms with van der Waals surface area (Å²) in [5, 5.41) is 8.68. The Hall–Kier alpha value is -1.75. The molecule has 0 fully saturated rings. The second-order valence-electron chi connectivity index (χ2n) is 3.85. The van der Waals surface area contributed by atoms with Gasteiger partial charge >= 0.3 is 0 Å². The van der Waals surface area contributed by atoms with Gasteiger partial charge in [0.2, 0.25) is 5.13 Å². The molecule has 0 saturated heterocycles. The number of nitrogens with zero attached hydrogens (tertiary/aromatic N) is 2. The molecule has 1 heterocycles. The number of anilines is 1. The fourth-order valence-electron chi connectivity index (χ4n) is 1.24. The third-order valence-electron chi connectivity index (χ3n) is 2.17. The molecule has 6 heteroatoms. The minimum absolute atomic E-state index is 0. The quantitative estimate of drug-likeness (QED) is 0.417. The van der Waals surface area contributed by atoms with Gasteiger partial charge < -0.3 is 40.9 Å². The maximum Gasteiger partial charge on any atom is 0.203 e. The minimum atomic E-state index is 0. The van der Waals surface area contributed by atoms with Gasteiger partial charge in [-0.05, 0) is 13.8 Å². The smallest absolute Gasteiger partial charge is 0.203 e. The summed E-state index contributed by atoms with van der Waals surface area (Å²) in [5.41, 5.74) is 6.02. The normalized spacial score (nSPS) is 8.48. The number of carbonyl (C=O) groups is 1. The summed E-state index contributed by atoms with van der Waals surface area (Å²) in [6.45, 7) is 3.43. The number of ketones is 1. The molecule has 0 aliphatic rings. The van der Waals surface area contributed by atoms with Gasteiger partial charge in [-0.3, -0.25) is 0 Å². The fourth-order valence-corrected chi connectivity index (χ4v) is 1.71. The van der Waals surface area contributed by atoms with Gasteiger partial charge in [0, 0.05) is 17.1 Å². The van der Waals surface area contributed by atoms with Crippen molar-refractivity contribution < 1.29 is 21.9 Å². The van der Waals surface area contributed by atoms with Gasteiger partial charge in [0.15, 0.2) is 0 Å². The zero-order chi connectivity index (χ0) is 14.8. The Kier molecular flexibility index (Phi) is 10.1. The Labute approximate surface area is 139 Å². The van der Waals surface area contributed by atoms with Gasteiger partial charge in [-0.25, -0.2) is 12.1 Å². The van der Waals surface area contributed by atoms with Crippen molar-refractivity contribution >= 4 is 22.3 Å². The van der Waals surface area contributed by atoms with Crippen LogP contribution < -0.4 is 5.73 Å². The molecule has 0 bridgehead atoms. The molecule has 0 radical (unpaired) electrons. The fraction of sp³-hybridized carbons (Fsp3) is 0.133. The zero-order valence-corrected chi connectivity index (χ0v) is 13.8. The molecule has 0 atom stereocenters. The molecule has 0 aliphatic carbocycles. The van der Waals surface area contributed by atoms with Crippen LogP contribution >= 0.6 is 11.3 Å². The van der Waals surface area contributed by atoms with Gasteiger partial charge in [-0.1, -0.05) is 16.9 Å². The van der Waals surface area contributed by atoms with E-state index < -0.39 is 0 Å². The number of rotatable bonds is 1. The molecule has 3 aromatic rings. The Balaban J connectivity index is 0.000000286. The monoisotopic (exact) mass is 343 g/mol. The van der Waals surface area contributed by atoms with E-state index in [9.17, 15) is 4.79 Å². The Morgan fingerprint density at radius 3 is 1.81 bits per heavy atom. The second-order valence-corrected chi connectivity index (χ2v) is 5.06. The molecule has 0 saturated carbocycles. The van der Waals surface area contributed by atoms with Crippen molar-refractivity contribution in [1.29, 1.82) is 0 Å². The van der Waals surface area contributed by atoms with Gasteiger partial charge in [-0.15, -0.1) is 10.2 Å². The van der Waals surface area contributed by atoms with E-state index in [4.69, 9.17) is 5.73 Å². The first-order chi connectivity index (χ1) is 9.59. The number of nitrogens with two attached hydrogens (primary N) is 1. The average Bonchev–Trinajstić information content (AvgIpc) is 3.13. The molecular weight excluding hydrogens is 326 g/mol. The molecule has 0 amide bonds. The van der Waals surface area contributed by atoms with Gasteiger partial charge in [-0.2, -0.15) is 12.1 Å². The van der Waals surface area contributed by atoms with Crippen molar-refractivity contribution in [2.75, 3.05) is 5.73 Å². The van der Waals surface area contributed by atoms with Crippen molar-refractivity contribution in [3.8, 4) is 0 Å². The van der Waals surface area contributed by atoms with Crippen LogP contribution in [0.1, 0.15) is 22.3 Å². The summed E-state index contributed by atoms with van der Waals surface area (Å²) in [6.07, 6.45) is 0. The maximum atomic E-state index is 10.5. The largest absolute Gasteiger partial charge is 0.748 e. The summed E-state index contributed by atoms with van der Waals surface area (Å²) in [6, 6.07) is 17.3. The number of hydrogen-bond donors (Lipinski definition) is 1. The predicted octanol–water partition coefficient (Wildman–Crippen LogP) is 3.44.